The Morgan fingerprint density at radius 1 is 1.33 bits per heavy atom. The van der Waals surface area contributed by atoms with Gasteiger partial charge in [-0.05, 0) is 36.1 Å². The summed E-state index contributed by atoms with van der Waals surface area (Å²) in [5, 5.41) is 8.73. The van der Waals surface area contributed by atoms with Gasteiger partial charge in [0, 0.05) is 30.3 Å². The molecular formula is C19H21FN2O2. The summed E-state index contributed by atoms with van der Waals surface area (Å²) in [5.41, 5.74) is 4.43. The number of amides is 1. The molecule has 2 N–H and O–H groups in total. The Kier molecular flexibility index (Phi) is 4.92. The number of fused-ring (bicyclic) bond motifs is 1. The van der Waals surface area contributed by atoms with E-state index in [1.54, 1.807) is 11.5 Å². The quantitative estimate of drug-likeness (QED) is 0.668. The van der Waals surface area contributed by atoms with E-state index in [1.165, 1.54) is 11.6 Å². The van der Waals surface area contributed by atoms with Crippen LogP contribution in [0.3, 0.4) is 0 Å². The molecular weight excluding hydrogens is 307 g/mol. The van der Waals surface area contributed by atoms with Gasteiger partial charge in [-0.2, -0.15) is 0 Å². The first kappa shape index (κ1) is 16.6. The van der Waals surface area contributed by atoms with E-state index in [2.05, 4.69) is 24.0 Å². The number of nitrogens with zero attached hydrogens (tertiary/aromatic N) is 1. The SMILES string of the molecule is CC[C@@H](c1ccccc1)N1CCc2cc(C(=O)NO)cc(F)c2C1. The molecule has 1 atom stereocenters. The van der Waals surface area contributed by atoms with Crippen molar-refractivity contribution in [2.45, 2.75) is 32.4 Å². The Morgan fingerprint density at radius 2 is 2.08 bits per heavy atom. The minimum absolute atomic E-state index is 0.150. The molecule has 2 aromatic carbocycles. The second kappa shape index (κ2) is 7.11. The molecule has 0 bridgehead atoms. The van der Waals surface area contributed by atoms with E-state index in [0.717, 1.165) is 18.5 Å². The second-order valence-corrected chi connectivity index (χ2v) is 6.09. The number of rotatable bonds is 4. The van der Waals surface area contributed by atoms with Crippen molar-refractivity contribution in [3.05, 3.63) is 70.5 Å². The van der Waals surface area contributed by atoms with Crippen LogP contribution >= 0.6 is 0 Å². The standard InChI is InChI=1S/C19H21FN2O2/c1-2-18(13-6-4-3-5-7-13)22-9-8-14-10-15(19(23)21-24)11-17(20)16(14)12-22/h3-7,10-11,18,24H,2,8-9,12H2,1H3,(H,21,23)/t18-/m0/s1. The smallest absolute Gasteiger partial charge is 0.274 e. The van der Waals surface area contributed by atoms with Gasteiger partial charge in [-0.1, -0.05) is 37.3 Å². The monoisotopic (exact) mass is 328 g/mol. The van der Waals surface area contributed by atoms with Gasteiger partial charge in [0.05, 0.1) is 0 Å². The molecule has 1 heterocycles. The lowest BCUT2D eigenvalue weighted by atomic mass is 9.93. The summed E-state index contributed by atoms with van der Waals surface area (Å²) >= 11 is 0. The first-order valence-corrected chi connectivity index (χ1v) is 8.18. The third-order valence-corrected chi connectivity index (χ3v) is 4.69. The van der Waals surface area contributed by atoms with E-state index in [1.807, 2.05) is 18.2 Å². The topological polar surface area (TPSA) is 52.6 Å². The van der Waals surface area contributed by atoms with Crippen molar-refractivity contribution in [1.82, 2.24) is 10.4 Å². The number of nitrogens with one attached hydrogen (secondary N) is 1. The van der Waals surface area contributed by atoms with Crippen LogP contribution in [0.25, 0.3) is 0 Å². The minimum Gasteiger partial charge on any atom is -0.292 e. The summed E-state index contributed by atoms with van der Waals surface area (Å²) in [6.07, 6.45) is 1.63. The summed E-state index contributed by atoms with van der Waals surface area (Å²) < 4.78 is 14.5. The minimum atomic E-state index is -0.685. The largest absolute Gasteiger partial charge is 0.292 e. The summed E-state index contributed by atoms with van der Waals surface area (Å²) in [5.74, 6) is -1.08. The Hall–Kier alpha value is -2.24. The first-order chi connectivity index (χ1) is 11.6. The Bertz CT molecular complexity index is 734. The Balaban J connectivity index is 1.88. The molecule has 1 aliphatic rings. The van der Waals surface area contributed by atoms with Crippen molar-refractivity contribution in [1.29, 1.82) is 0 Å². The van der Waals surface area contributed by atoms with Crippen LogP contribution in [0, 0.1) is 5.82 Å². The molecule has 0 aromatic heterocycles. The zero-order chi connectivity index (χ0) is 17.1. The molecule has 24 heavy (non-hydrogen) atoms. The molecule has 5 heteroatoms. The van der Waals surface area contributed by atoms with Gasteiger partial charge < -0.3 is 0 Å². The van der Waals surface area contributed by atoms with Crippen LogP contribution in [0.1, 0.15) is 46.4 Å². The lowest BCUT2D eigenvalue weighted by molar-refractivity contribution is 0.0705. The maximum absolute atomic E-state index is 14.5. The molecule has 0 unspecified atom stereocenters. The number of carbonyl (C=O) groups is 1. The number of hydrogen-bond donors (Lipinski definition) is 2. The zero-order valence-electron chi connectivity index (χ0n) is 13.6. The number of halogens is 1. The summed E-state index contributed by atoms with van der Waals surface area (Å²) in [4.78, 5) is 13.8. The maximum atomic E-state index is 14.5. The highest BCUT2D eigenvalue weighted by atomic mass is 19.1. The van der Waals surface area contributed by atoms with Gasteiger partial charge >= 0.3 is 0 Å². The highest BCUT2D eigenvalue weighted by molar-refractivity contribution is 5.93. The van der Waals surface area contributed by atoms with Crippen LogP contribution in [0.2, 0.25) is 0 Å². The van der Waals surface area contributed by atoms with E-state index < -0.39 is 11.7 Å². The van der Waals surface area contributed by atoms with Gasteiger partial charge in [0.1, 0.15) is 5.82 Å². The highest BCUT2D eigenvalue weighted by Gasteiger charge is 2.26. The van der Waals surface area contributed by atoms with Crippen molar-refractivity contribution < 1.29 is 14.4 Å². The molecule has 0 fully saturated rings. The van der Waals surface area contributed by atoms with Crippen molar-refractivity contribution in [2.24, 2.45) is 0 Å². The Labute approximate surface area is 140 Å². The molecule has 3 rings (SSSR count). The van der Waals surface area contributed by atoms with Crippen LogP contribution in [0.5, 0.6) is 0 Å². The maximum Gasteiger partial charge on any atom is 0.274 e. The van der Waals surface area contributed by atoms with Gasteiger partial charge in [0.15, 0.2) is 0 Å². The van der Waals surface area contributed by atoms with Gasteiger partial charge in [-0.3, -0.25) is 14.9 Å². The lowest BCUT2D eigenvalue weighted by Gasteiger charge is -2.35. The fourth-order valence-corrected chi connectivity index (χ4v) is 3.48. The fourth-order valence-electron chi connectivity index (χ4n) is 3.48. The normalized spacial score (nSPS) is 15.6. The van der Waals surface area contributed by atoms with Crippen LogP contribution in [-0.2, 0) is 13.0 Å². The molecule has 0 aliphatic carbocycles. The van der Waals surface area contributed by atoms with Gasteiger partial charge in [0.25, 0.3) is 5.91 Å². The number of benzene rings is 2. The first-order valence-electron chi connectivity index (χ1n) is 8.18. The Morgan fingerprint density at radius 3 is 2.75 bits per heavy atom. The van der Waals surface area contributed by atoms with Gasteiger partial charge in [-0.25, -0.2) is 9.87 Å². The van der Waals surface area contributed by atoms with E-state index >= 15 is 0 Å². The third-order valence-electron chi connectivity index (χ3n) is 4.69. The molecule has 1 aliphatic heterocycles. The highest BCUT2D eigenvalue weighted by Crippen LogP contribution is 2.31. The molecule has 0 spiro atoms. The van der Waals surface area contributed by atoms with Crippen LogP contribution in [0.15, 0.2) is 42.5 Å². The summed E-state index contributed by atoms with van der Waals surface area (Å²) in [6.45, 7) is 3.47. The molecule has 0 saturated heterocycles. The van der Waals surface area contributed by atoms with Crippen molar-refractivity contribution >= 4 is 5.91 Å². The van der Waals surface area contributed by atoms with Crippen LogP contribution in [-0.4, -0.2) is 22.6 Å². The molecule has 1 amide bonds. The van der Waals surface area contributed by atoms with Gasteiger partial charge in [0.2, 0.25) is 0 Å². The van der Waals surface area contributed by atoms with E-state index in [0.29, 0.717) is 18.5 Å². The van der Waals surface area contributed by atoms with Gasteiger partial charge in [-0.15, -0.1) is 0 Å². The fraction of sp³-hybridized carbons (Fsp3) is 0.316. The number of hydroxylamine groups is 1. The van der Waals surface area contributed by atoms with E-state index in [-0.39, 0.29) is 11.6 Å². The molecule has 126 valence electrons. The van der Waals surface area contributed by atoms with Crippen molar-refractivity contribution in [2.75, 3.05) is 6.54 Å². The summed E-state index contributed by atoms with van der Waals surface area (Å²) in [7, 11) is 0. The van der Waals surface area contributed by atoms with Crippen molar-refractivity contribution in [3.8, 4) is 0 Å². The molecule has 0 saturated carbocycles. The molecule has 2 aromatic rings. The average Bonchev–Trinajstić information content (AvgIpc) is 2.62. The third kappa shape index (κ3) is 3.18. The zero-order valence-corrected chi connectivity index (χ0v) is 13.6. The number of carbonyl (C=O) groups excluding carboxylic acids is 1. The molecule has 4 nitrogen and oxygen atoms in total. The second-order valence-electron chi connectivity index (χ2n) is 6.09. The van der Waals surface area contributed by atoms with Crippen molar-refractivity contribution in [3.63, 3.8) is 0 Å². The molecule has 0 radical (unpaired) electrons. The summed E-state index contributed by atoms with van der Waals surface area (Å²) in [6, 6.07) is 13.4. The van der Waals surface area contributed by atoms with Crippen LogP contribution in [0.4, 0.5) is 4.39 Å². The lowest BCUT2D eigenvalue weighted by Crippen LogP contribution is -2.35. The average molecular weight is 328 g/mol. The number of hydrogen-bond acceptors (Lipinski definition) is 3. The van der Waals surface area contributed by atoms with Crippen LogP contribution < -0.4 is 5.48 Å². The van der Waals surface area contributed by atoms with E-state index in [4.69, 9.17) is 5.21 Å². The predicted molar refractivity (Wildman–Crippen MR) is 89.2 cm³/mol. The van der Waals surface area contributed by atoms with E-state index in [9.17, 15) is 9.18 Å². The predicted octanol–water partition coefficient (Wildman–Crippen LogP) is 3.45.